The number of nitrogens with zero attached hydrogens (tertiary/aromatic N) is 6. The zero-order chi connectivity index (χ0) is 18.4. The third kappa shape index (κ3) is 2.89. The van der Waals surface area contributed by atoms with Gasteiger partial charge in [0.25, 0.3) is 0 Å². The highest BCUT2D eigenvalue weighted by Gasteiger charge is 2.18. The molecular weight excluding hydrogens is 356 g/mol. The van der Waals surface area contributed by atoms with Gasteiger partial charge in [-0.2, -0.15) is 5.10 Å². The smallest absolute Gasteiger partial charge is 0.186 e. The molecule has 3 aromatic heterocycles. The van der Waals surface area contributed by atoms with Crippen molar-refractivity contribution in [1.82, 2.24) is 24.5 Å². The van der Waals surface area contributed by atoms with Crippen molar-refractivity contribution in [3.05, 3.63) is 48.8 Å². The van der Waals surface area contributed by atoms with Crippen LogP contribution in [0.25, 0.3) is 33.2 Å². The van der Waals surface area contributed by atoms with Gasteiger partial charge in [-0.1, -0.05) is 24.0 Å². The fourth-order valence-corrected chi connectivity index (χ4v) is 4.45. The van der Waals surface area contributed by atoms with Crippen molar-refractivity contribution in [3.63, 3.8) is 0 Å². The minimum Gasteiger partial charge on any atom is -0.345 e. The van der Waals surface area contributed by atoms with Gasteiger partial charge in [0.1, 0.15) is 0 Å². The van der Waals surface area contributed by atoms with E-state index in [2.05, 4.69) is 51.7 Å². The second-order valence-electron chi connectivity index (χ2n) is 6.85. The summed E-state index contributed by atoms with van der Waals surface area (Å²) < 4.78 is 3.07. The summed E-state index contributed by atoms with van der Waals surface area (Å²) in [5.74, 6) is 0. The zero-order valence-electron chi connectivity index (χ0n) is 15.2. The number of imidazole rings is 1. The van der Waals surface area contributed by atoms with Gasteiger partial charge in [0.2, 0.25) is 0 Å². The lowest BCUT2D eigenvalue weighted by Crippen LogP contribution is -2.44. The molecule has 0 unspecified atom stereocenters. The molecule has 4 aromatic rings. The highest BCUT2D eigenvalue weighted by Crippen LogP contribution is 2.32. The van der Waals surface area contributed by atoms with Crippen molar-refractivity contribution in [3.8, 4) is 11.3 Å². The maximum absolute atomic E-state index is 4.85. The zero-order valence-corrected chi connectivity index (χ0v) is 16.0. The Morgan fingerprint density at radius 2 is 1.96 bits per heavy atom. The van der Waals surface area contributed by atoms with Gasteiger partial charge in [0.15, 0.2) is 10.8 Å². The summed E-state index contributed by atoms with van der Waals surface area (Å²) in [6.45, 7) is 8.04. The molecule has 1 aliphatic heterocycles. The third-order valence-corrected chi connectivity index (χ3v) is 6.12. The summed E-state index contributed by atoms with van der Waals surface area (Å²) in [5, 5.41) is 5.72. The molecule has 7 heteroatoms. The van der Waals surface area contributed by atoms with Gasteiger partial charge in [-0.25, -0.2) is 14.5 Å². The lowest BCUT2D eigenvalue weighted by atomic mass is 10.1. The van der Waals surface area contributed by atoms with E-state index < -0.39 is 0 Å². The first-order chi connectivity index (χ1) is 13.2. The van der Waals surface area contributed by atoms with Crippen LogP contribution in [0.2, 0.25) is 0 Å². The van der Waals surface area contributed by atoms with Crippen LogP contribution in [-0.2, 0) is 0 Å². The van der Waals surface area contributed by atoms with E-state index in [1.807, 2.05) is 22.8 Å². The standard InChI is InChI=1S/C20H20N6S/c1-3-15-5-7-19-21-13-17(26(19)23-15)14-4-6-16-18(12-14)27-20(22-16)25-10-8-24(2)9-11-25/h3-7,12-13H,1,8-11H2,2H3. The van der Waals surface area contributed by atoms with Crippen molar-refractivity contribution in [2.75, 3.05) is 38.1 Å². The van der Waals surface area contributed by atoms with E-state index >= 15 is 0 Å². The molecule has 5 rings (SSSR count). The third-order valence-electron chi connectivity index (χ3n) is 5.04. The van der Waals surface area contributed by atoms with Gasteiger partial charge in [0, 0.05) is 31.7 Å². The largest absolute Gasteiger partial charge is 0.345 e. The van der Waals surface area contributed by atoms with Crippen LogP contribution in [0.3, 0.4) is 0 Å². The maximum Gasteiger partial charge on any atom is 0.186 e. The van der Waals surface area contributed by atoms with Crippen molar-refractivity contribution >= 4 is 38.4 Å². The van der Waals surface area contributed by atoms with Crippen LogP contribution in [0.1, 0.15) is 5.69 Å². The number of benzene rings is 1. The molecule has 1 saturated heterocycles. The summed E-state index contributed by atoms with van der Waals surface area (Å²) in [4.78, 5) is 14.1. The summed E-state index contributed by atoms with van der Waals surface area (Å²) in [6, 6.07) is 10.3. The molecular formula is C20H20N6S. The van der Waals surface area contributed by atoms with Crippen LogP contribution in [0, 0.1) is 0 Å². The molecule has 0 bridgehead atoms. The molecule has 0 saturated carbocycles. The Balaban J connectivity index is 1.54. The van der Waals surface area contributed by atoms with Gasteiger partial charge in [0.05, 0.1) is 27.8 Å². The number of anilines is 1. The fourth-order valence-electron chi connectivity index (χ4n) is 3.40. The molecule has 4 heterocycles. The lowest BCUT2D eigenvalue weighted by molar-refractivity contribution is 0.313. The highest BCUT2D eigenvalue weighted by atomic mass is 32.1. The van der Waals surface area contributed by atoms with E-state index in [4.69, 9.17) is 4.98 Å². The molecule has 0 radical (unpaired) electrons. The van der Waals surface area contributed by atoms with Crippen LogP contribution in [0.5, 0.6) is 0 Å². The lowest BCUT2D eigenvalue weighted by Gasteiger charge is -2.32. The molecule has 0 aliphatic carbocycles. The minimum atomic E-state index is 0.831. The van der Waals surface area contributed by atoms with Crippen molar-refractivity contribution < 1.29 is 0 Å². The topological polar surface area (TPSA) is 49.6 Å². The average Bonchev–Trinajstić information content (AvgIpc) is 3.31. The monoisotopic (exact) mass is 376 g/mol. The van der Waals surface area contributed by atoms with Gasteiger partial charge >= 0.3 is 0 Å². The fraction of sp³-hybridized carbons (Fsp3) is 0.250. The molecule has 1 aromatic carbocycles. The Morgan fingerprint density at radius 1 is 1.11 bits per heavy atom. The summed E-state index contributed by atoms with van der Waals surface area (Å²) >= 11 is 1.76. The van der Waals surface area contributed by atoms with Crippen LogP contribution in [-0.4, -0.2) is 57.7 Å². The second-order valence-corrected chi connectivity index (χ2v) is 7.85. The van der Waals surface area contributed by atoms with Crippen LogP contribution < -0.4 is 4.90 Å². The molecule has 0 spiro atoms. The Labute approximate surface area is 161 Å². The molecule has 1 aliphatic rings. The van der Waals surface area contributed by atoms with Crippen molar-refractivity contribution in [2.45, 2.75) is 0 Å². The first-order valence-corrected chi connectivity index (χ1v) is 9.84. The first-order valence-electron chi connectivity index (χ1n) is 9.03. The van der Waals surface area contributed by atoms with Crippen LogP contribution in [0.15, 0.2) is 43.1 Å². The predicted octanol–water partition coefficient (Wildman–Crippen LogP) is 3.40. The Bertz CT molecular complexity index is 1140. The number of piperazine rings is 1. The molecule has 6 nitrogen and oxygen atoms in total. The molecule has 0 N–H and O–H groups in total. The van der Waals surface area contributed by atoms with Gasteiger partial charge in [-0.15, -0.1) is 0 Å². The molecule has 1 fully saturated rings. The number of rotatable bonds is 3. The normalized spacial score (nSPS) is 15.7. The summed E-state index contributed by atoms with van der Waals surface area (Å²) in [6.07, 6.45) is 3.62. The summed E-state index contributed by atoms with van der Waals surface area (Å²) in [5.41, 5.74) is 4.78. The predicted molar refractivity (Wildman–Crippen MR) is 111 cm³/mol. The maximum atomic E-state index is 4.85. The van der Waals surface area contributed by atoms with Crippen LogP contribution in [0.4, 0.5) is 5.13 Å². The number of aromatic nitrogens is 4. The number of hydrogen-bond acceptors (Lipinski definition) is 6. The Hall–Kier alpha value is -2.77. The van der Waals surface area contributed by atoms with E-state index in [1.54, 1.807) is 17.4 Å². The quantitative estimate of drug-likeness (QED) is 0.548. The number of likely N-dealkylation sites (N-methyl/N-ethyl adjacent to an activating group) is 1. The molecule has 0 amide bonds. The number of fused-ring (bicyclic) bond motifs is 2. The number of thiazole rings is 1. The SMILES string of the molecule is C=Cc1ccc2ncc(-c3ccc4nc(N5CCN(C)CC5)sc4c3)n2n1. The molecule has 136 valence electrons. The molecule has 0 atom stereocenters. The second kappa shape index (κ2) is 6.44. The van der Waals surface area contributed by atoms with E-state index in [1.165, 1.54) is 4.70 Å². The highest BCUT2D eigenvalue weighted by molar-refractivity contribution is 7.22. The van der Waals surface area contributed by atoms with E-state index in [9.17, 15) is 0 Å². The Kier molecular flexibility index (Phi) is 3.91. The van der Waals surface area contributed by atoms with Crippen molar-refractivity contribution in [2.24, 2.45) is 0 Å². The van der Waals surface area contributed by atoms with Gasteiger partial charge < -0.3 is 9.80 Å². The minimum absolute atomic E-state index is 0.831. The Morgan fingerprint density at radius 3 is 2.78 bits per heavy atom. The summed E-state index contributed by atoms with van der Waals surface area (Å²) in [7, 11) is 2.17. The number of hydrogen-bond donors (Lipinski definition) is 0. The van der Waals surface area contributed by atoms with E-state index in [-0.39, 0.29) is 0 Å². The van der Waals surface area contributed by atoms with E-state index in [0.29, 0.717) is 0 Å². The first kappa shape index (κ1) is 16.4. The van der Waals surface area contributed by atoms with E-state index in [0.717, 1.165) is 59.4 Å². The van der Waals surface area contributed by atoms with Gasteiger partial charge in [-0.3, -0.25) is 0 Å². The van der Waals surface area contributed by atoms with Crippen molar-refractivity contribution in [1.29, 1.82) is 0 Å². The van der Waals surface area contributed by atoms with Crippen LogP contribution >= 0.6 is 11.3 Å². The van der Waals surface area contributed by atoms with Gasteiger partial charge in [-0.05, 0) is 37.4 Å². The average molecular weight is 376 g/mol. The molecule has 27 heavy (non-hydrogen) atoms.